The Morgan fingerprint density at radius 1 is 1.16 bits per heavy atom. The molecule has 2 aromatic rings. The molecule has 37 heavy (non-hydrogen) atoms. The number of alkyl halides is 3. The molecule has 0 spiro atoms. The maximum absolute atomic E-state index is 14.3. The van der Waals surface area contributed by atoms with Crippen molar-refractivity contribution in [1.29, 1.82) is 0 Å². The molecule has 2 unspecified atom stereocenters. The number of rotatable bonds is 5. The summed E-state index contributed by atoms with van der Waals surface area (Å²) in [6, 6.07) is 2.12. The van der Waals surface area contributed by atoms with E-state index in [9.17, 15) is 27.2 Å². The van der Waals surface area contributed by atoms with Crippen LogP contribution in [-0.2, 0) is 9.53 Å². The largest absolute Gasteiger partial charge is 0.481 e. The van der Waals surface area contributed by atoms with E-state index in [2.05, 4.69) is 20.5 Å². The summed E-state index contributed by atoms with van der Waals surface area (Å²) in [6.07, 6.45) is -2.73. The predicted octanol–water partition coefficient (Wildman–Crippen LogP) is 3.23. The van der Waals surface area contributed by atoms with Crippen LogP contribution in [0.1, 0.15) is 49.0 Å². The molecular weight excluding hydrogens is 498 g/mol. The number of amides is 2. The van der Waals surface area contributed by atoms with Gasteiger partial charge in [-0.2, -0.15) is 18.3 Å². The minimum Gasteiger partial charge on any atom is -0.481 e. The Balaban J connectivity index is 1.20. The number of carbonyl (C=O) groups excluding carboxylic acids is 2. The van der Waals surface area contributed by atoms with E-state index in [1.54, 1.807) is 4.90 Å². The fraction of sp³-hybridized carbons (Fsp3) is 0.583. The minimum absolute atomic E-state index is 0.147. The summed E-state index contributed by atoms with van der Waals surface area (Å²) in [5.74, 6) is -1.21. The lowest BCUT2D eigenvalue weighted by molar-refractivity contribution is -0.232. The zero-order valence-electron chi connectivity index (χ0n) is 20.1. The van der Waals surface area contributed by atoms with E-state index in [1.165, 1.54) is 19.2 Å². The number of hydrogen-bond acceptors (Lipinski definition) is 6. The minimum atomic E-state index is -4.40. The molecule has 4 atom stereocenters. The van der Waals surface area contributed by atoms with Crippen molar-refractivity contribution in [3.63, 3.8) is 0 Å². The molecule has 0 aromatic carbocycles. The van der Waals surface area contributed by atoms with Gasteiger partial charge in [-0.05, 0) is 44.6 Å². The Kier molecular flexibility index (Phi) is 6.82. The number of ether oxygens (including phenoxy) is 2. The normalized spacial score (nSPS) is 27.7. The number of aromatic amines is 1. The number of pyridine rings is 1. The van der Waals surface area contributed by atoms with Gasteiger partial charge < -0.3 is 19.7 Å². The van der Waals surface area contributed by atoms with E-state index < -0.39 is 24.1 Å². The molecule has 5 rings (SSSR count). The van der Waals surface area contributed by atoms with Crippen molar-refractivity contribution in [2.24, 2.45) is 5.92 Å². The van der Waals surface area contributed by atoms with E-state index in [4.69, 9.17) is 9.47 Å². The summed E-state index contributed by atoms with van der Waals surface area (Å²) in [5.41, 5.74) is 0.600. The number of methoxy groups -OCH3 is 1. The smallest absolute Gasteiger partial charge is 0.414 e. The van der Waals surface area contributed by atoms with Gasteiger partial charge in [0.25, 0.3) is 5.91 Å². The Morgan fingerprint density at radius 3 is 2.51 bits per heavy atom. The highest BCUT2D eigenvalue weighted by molar-refractivity contribution is 5.94. The van der Waals surface area contributed by atoms with Gasteiger partial charge in [0.15, 0.2) is 11.9 Å². The standard InChI is InChI=1S/C24H27F4N5O4/c1-36-21-8-16(17(25)10-29-21)18-9-19(32-31-18)23(35)33-14-3-4-15(33)7-12(6-14)22(34)30-13-2-5-20(37-11-13)24(26,27)28/h8-10,12-15,20H,2-7,11H2,1H3,(H,30,34)(H,31,32)/t12?,13-,14?,15?,20+/m0/s1. The fourth-order valence-corrected chi connectivity index (χ4v) is 5.60. The number of aromatic nitrogens is 3. The van der Waals surface area contributed by atoms with Crippen LogP contribution < -0.4 is 10.1 Å². The van der Waals surface area contributed by atoms with Crippen molar-refractivity contribution in [3.05, 3.63) is 29.8 Å². The van der Waals surface area contributed by atoms with Gasteiger partial charge in [-0.1, -0.05) is 0 Å². The molecule has 0 aliphatic carbocycles. The first kappa shape index (κ1) is 25.4. The molecule has 3 saturated heterocycles. The number of nitrogens with zero attached hydrogens (tertiary/aromatic N) is 3. The van der Waals surface area contributed by atoms with Crippen molar-refractivity contribution < 1.29 is 36.6 Å². The number of carbonyl (C=O) groups is 2. The lowest BCUT2D eigenvalue weighted by Gasteiger charge is -2.39. The van der Waals surface area contributed by atoms with Crippen LogP contribution in [0.15, 0.2) is 18.3 Å². The van der Waals surface area contributed by atoms with Gasteiger partial charge in [0, 0.05) is 29.6 Å². The number of H-pyrrole nitrogens is 1. The third kappa shape index (κ3) is 5.13. The summed E-state index contributed by atoms with van der Waals surface area (Å²) in [4.78, 5) is 31.8. The van der Waals surface area contributed by atoms with Crippen LogP contribution in [0.5, 0.6) is 5.88 Å². The van der Waals surface area contributed by atoms with Gasteiger partial charge in [0.1, 0.15) is 5.69 Å². The second-order valence-electron chi connectivity index (χ2n) is 9.79. The van der Waals surface area contributed by atoms with Crippen LogP contribution in [0.3, 0.4) is 0 Å². The number of halogens is 4. The Bertz CT molecular complexity index is 1150. The SMILES string of the molecule is COc1cc(-c2cc(C(=O)N3C4CCC3CC(C(=O)N[C@H]3CC[C@H](C(F)(F)F)OC3)C4)[nH]n2)c(F)cn1. The molecule has 13 heteroatoms. The quantitative estimate of drug-likeness (QED) is 0.581. The number of nitrogens with one attached hydrogen (secondary N) is 2. The fourth-order valence-electron chi connectivity index (χ4n) is 5.60. The Hall–Kier alpha value is -3.22. The highest BCUT2D eigenvalue weighted by Crippen LogP contribution is 2.40. The Labute approximate surface area is 209 Å². The molecule has 5 heterocycles. The monoisotopic (exact) mass is 525 g/mol. The lowest BCUT2D eigenvalue weighted by Crippen LogP contribution is -2.52. The van der Waals surface area contributed by atoms with Crippen LogP contribution in [0.2, 0.25) is 0 Å². The summed E-state index contributed by atoms with van der Waals surface area (Å²) < 4.78 is 62.6. The van der Waals surface area contributed by atoms with Gasteiger partial charge in [0.05, 0.1) is 31.6 Å². The molecule has 0 saturated carbocycles. The number of piperidine rings is 1. The average Bonchev–Trinajstić information content (AvgIpc) is 3.46. The van der Waals surface area contributed by atoms with Crippen LogP contribution >= 0.6 is 0 Å². The van der Waals surface area contributed by atoms with Crippen molar-refractivity contribution in [2.45, 2.75) is 68.9 Å². The third-order valence-corrected chi connectivity index (χ3v) is 7.45. The summed E-state index contributed by atoms with van der Waals surface area (Å²) in [6.45, 7) is -0.174. The van der Waals surface area contributed by atoms with Gasteiger partial charge in [0.2, 0.25) is 11.8 Å². The summed E-state index contributed by atoms with van der Waals surface area (Å²) in [5, 5.41) is 9.63. The second-order valence-corrected chi connectivity index (χ2v) is 9.79. The maximum Gasteiger partial charge on any atom is 0.414 e. The summed E-state index contributed by atoms with van der Waals surface area (Å²) >= 11 is 0. The van der Waals surface area contributed by atoms with Crippen LogP contribution in [0.25, 0.3) is 11.3 Å². The van der Waals surface area contributed by atoms with E-state index in [1.807, 2.05) is 0 Å². The highest BCUT2D eigenvalue weighted by Gasteiger charge is 2.47. The van der Waals surface area contributed by atoms with Crippen molar-refractivity contribution >= 4 is 11.8 Å². The predicted molar refractivity (Wildman–Crippen MR) is 121 cm³/mol. The van der Waals surface area contributed by atoms with E-state index >= 15 is 0 Å². The maximum atomic E-state index is 14.3. The van der Waals surface area contributed by atoms with Gasteiger partial charge in [-0.25, -0.2) is 9.37 Å². The zero-order chi connectivity index (χ0) is 26.3. The molecule has 3 aliphatic heterocycles. The van der Waals surface area contributed by atoms with Crippen LogP contribution in [0, 0.1) is 11.7 Å². The first-order chi connectivity index (χ1) is 17.6. The zero-order valence-corrected chi connectivity index (χ0v) is 20.1. The van der Waals surface area contributed by atoms with Gasteiger partial charge in [-0.15, -0.1) is 0 Å². The molecule has 2 bridgehead atoms. The second kappa shape index (κ2) is 9.92. The molecule has 3 fully saturated rings. The molecule has 9 nitrogen and oxygen atoms in total. The first-order valence-corrected chi connectivity index (χ1v) is 12.2. The van der Waals surface area contributed by atoms with Crippen LogP contribution in [-0.4, -0.2) is 76.0 Å². The van der Waals surface area contributed by atoms with Gasteiger partial charge in [-0.3, -0.25) is 14.7 Å². The highest BCUT2D eigenvalue weighted by atomic mass is 19.4. The van der Waals surface area contributed by atoms with E-state index in [0.717, 1.165) is 19.0 Å². The topological polar surface area (TPSA) is 109 Å². The van der Waals surface area contributed by atoms with Crippen molar-refractivity contribution in [3.8, 4) is 17.1 Å². The Morgan fingerprint density at radius 2 is 1.89 bits per heavy atom. The average molecular weight is 526 g/mol. The number of fused-ring (bicyclic) bond motifs is 2. The summed E-state index contributed by atoms with van der Waals surface area (Å²) in [7, 11) is 1.41. The molecule has 200 valence electrons. The van der Waals surface area contributed by atoms with Crippen molar-refractivity contribution in [2.75, 3.05) is 13.7 Å². The van der Waals surface area contributed by atoms with Crippen molar-refractivity contribution in [1.82, 2.24) is 25.4 Å². The molecule has 2 amide bonds. The van der Waals surface area contributed by atoms with Crippen LogP contribution in [0.4, 0.5) is 17.6 Å². The molecule has 2 aromatic heterocycles. The number of hydrogen-bond donors (Lipinski definition) is 2. The third-order valence-electron chi connectivity index (χ3n) is 7.45. The molecule has 3 aliphatic rings. The first-order valence-electron chi connectivity index (χ1n) is 12.2. The van der Waals surface area contributed by atoms with Gasteiger partial charge >= 0.3 is 6.18 Å². The lowest BCUT2D eigenvalue weighted by atomic mass is 9.89. The molecule has 2 N–H and O–H groups in total. The molecular formula is C24H27F4N5O4. The van der Waals surface area contributed by atoms with E-state index in [0.29, 0.717) is 12.8 Å². The van der Waals surface area contributed by atoms with E-state index in [-0.39, 0.29) is 72.1 Å². The molecule has 0 radical (unpaired) electrons.